The highest BCUT2D eigenvalue weighted by Crippen LogP contribution is 2.29. The van der Waals surface area contributed by atoms with Gasteiger partial charge in [-0.2, -0.15) is 0 Å². The van der Waals surface area contributed by atoms with Crippen molar-refractivity contribution in [1.29, 1.82) is 0 Å². The number of ketones is 1. The van der Waals surface area contributed by atoms with Gasteiger partial charge in [-0.15, -0.1) is 0 Å². The lowest BCUT2D eigenvalue weighted by Gasteiger charge is -2.14. The number of hydrogen-bond acceptors (Lipinski definition) is 5. The van der Waals surface area contributed by atoms with E-state index in [1.807, 2.05) is 12.1 Å². The fourth-order valence-corrected chi connectivity index (χ4v) is 3.27. The van der Waals surface area contributed by atoms with Gasteiger partial charge in [0.1, 0.15) is 11.3 Å². The van der Waals surface area contributed by atoms with Crippen LogP contribution in [0.4, 0.5) is 5.69 Å². The van der Waals surface area contributed by atoms with Crippen LogP contribution in [0.2, 0.25) is 0 Å². The van der Waals surface area contributed by atoms with Crippen molar-refractivity contribution in [2.45, 2.75) is 13.3 Å². The Morgan fingerprint density at radius 3 is 2.74 bits per heavy atom. The fourth-order valence-electron chi connectivity index (χ4n) is 3.27. The van der Waals surface area contributed by atoms with Gasteiger partial charge in [-0.3, -0.25) is 9.59 Å². The molecule has 4 rings (SSSR count). The van der Waals surface area contributed by atoms with E-state index in [1.165, 1.54) is 13.0 Å². The summed E-state index contributed by atoms with van der Waals surface area (Å²) in [7, 11) is 0. The molecule has 6 nitrogen and oxygen atoms in total. The van der Waals surface area contributed by atoms with Crippen LogP contribution >= 0.6 is 0 Å². The third-order valence-corrected chi connectivity index (χ3v) is 4.64. The number of rotatable bonds is 4. The largest absolute Gasteiger partial charge is 0.485 e. The molecule has 1 aliphatic heterocycles. The molecular formula is C21H17NO5. The first-order valence-electron chi connectivity index (χ1n) is 8.62. The maximum absolute atomic E-state index is 12.5. The molecule has 2 heterocycles. The molecule has 0 bridgehead atoms. The van der Waals surface area contributed by atoms with Gasteiger partial charge in [0.2, 0.25) is 5.91 Å². The molecule has 136 valence electrons. The predicted octanol–water partition coefficient (Wildman–Crippen LogP) is 2.96. The molecule has 0 radical (unpaired) electrons. The minimum absolute atomic E-state index is 0.000820. The van der Waals surface area contributed by atoms with Gasteiger partial charge in [0, 0.05) is 42.2 Å². The normalized spacial score (nSPS) is 12.9. The Labute approximate surface area is 155 Å². The minimum atomic E-state index is -0.437. The predicted molar refractivity (Wildman–Crippen MR) is 100 cm³/mol. The van der Waals surface area contributed by atoms with Crippen molar-refractivity contribution >= 4 is 28.3 Å². The SMILES string of the molecule is CC(=O)N1CCc2cc(C(=O)COc3ccc4ccc(=O)oc4c3)ccc21. The Kier molecular flexibility index (Phi) is 4.24. The van der Waals surface area contributed by atoms with Gasteiger partial charge < -0.3 is 14.1 Å². The second-order valence-corrected chi connectivity index (χ2v) is 6.43. The molecule has 0 atom stereocenters. The van der Waals surface area contributed by atoms with Crippen LogP contribution in [0.1, 0.15) is 22.8 Å². The molecule has 0 spiro atoms. The number of anilines is 1. The number of amides is 1. The number of fused-ring (bicyclic) bond motifs is 2. The Bertz CT molecular complexity index is 1120. The number of carbonyl (C=O) groups excluding carboxylic acids is 2. The molecule has 0 fully saturated rings. The van der Waals surface area contributed by atoms with E-state index in [0.717, 1.165) is 23.1 Å². The van der Waals surface area contributed by atoms with Gasteiger partial charge in [0.25, 0.3) is 0 Å². The van der Waals surface area contributed by atoms with E-state index < -0.39 is 5.63 Å². The van der Waals surface area contributed by atoms with E-state index in [0.29, 0.717) is 23.4 Å². The van der Waals surface area contributed by atoms with Crippen molar-refractivity contribution in [1.82, 2.24) is 0 Å². The molecule has 1 aliphatic rings. The van der Waals surface area contributed by atoms with Crippen LogP contribution in [0.15, 0.2) is 57.7 Å². The highest BCUT2D eigenvalue weighted by atomic mass is 16.5. The zero-order valence-electron chi connectivity index (χ0n) is 14.7. The smallest absolute Gasteiger partial charge is 0.336 e. The monoisotopic (exact) mass is 363 g/mol. The van der Waals surface area contributed by atoms with Gasteiger partial charge >= 0.3 is 5.63 Å². The van der Waals surface area contributed by atoms with Crippen molar-refractivity contribution < 1.29 is 18.7 Å². The van der Waals surface area contributed by atoms with Gasteiger partial charge in [0.15, 0.2) is 12.4 Å². The highest BCUT2D eigenvalue weighted by Gasteiger charge is 2.23. The van der Waals surface area contributed by atoms with E-state index in [-0.39, 0.29) is 18.3 Å². The van der Waals surface area contributed by atoms with Gasteiger partial charge in [-0.25, -0.2) is 4.79 Å². The summed E-state index contributed by atoms with van der Waals surface area (Å²) >= 11 is 0. The summed E-state index contributed by atoms with van der Waals surface area (Å²) in [5, 5.41) is 0.780. The molecule has 0 aliphatic carbocycles. The molecule has 27 heavy (non-hydrogen) atoms. The lowest BCUT2D eigenvalue weighted by atomic mass is 10.1. The Hall–Kier alpha value is -3.41. The average molecular weight is 363 g/mol. The van der Waals surface area contributed by atoms with Crippen LogP contribution in [0.5, 0.6) is 5.75 Å². The van der Waals surface area contributed by atoms with Gasteiger partial charge in [0.05, 0.1) is 0 Å². The molecule has 0 unspecified atom stereocenters. The van der Waals surface area contributed by atoms with E-state index in [9.17, 15) is 14.4 Å². The molecule has 0 saturated heterocycles. The first-order chi connectivity index (χ1) is 13.0. The van der Waals surface area contributed by atoms with Crippen molar-refractivity contribution in [3.63, 3.8) is 0 Å². The Morgan fingerprint density at radius 2 is 1.93 bits per heavy atom. The Morgan fingerprint density at radius 1 is 1.11 bits per heavy atom. The second kappa shape index (κ2) is 6.72. The lowest BCUT2D eigenvalue weighted by Crippen LogP contribution is -2.25. The zero-order chi connectivity index (χ0) is 19.0. The summed E-state index contributed by atoms with van der Waals surface area (Å²) in [6.45, 7) is 2.05. The maximum atomic E-state index is 12.5. The molecule has 1 aromatic heterocycles. The van der Waals surface area contributed by atoms with Crippen LogP contribution in [0.25, 0.3) is 11.0 Å². The first-order valence-corrected chi connectivity index (χ1v) is 8.62. The zero-order valence-corrected chi connectivity index (χ0v) is 14.7. The van der Waals surface area contributed by atoms with E-state index in [4.69, 9.17) is 9.15 Å². The van der Waals surface area contributed by atoms with Crippen LogP contribution in [0, 0.1) is 0 Å². The molecule has 0 N–H and O–H groups in total. The van der Waals surface area contributed by atoms with Crippen LogP contribution < -0.4 is 15.3 Å². The lowest BCUT2D eigenvalue weighted by molar-refractivity contribution is -0.116. The number of carbonyl (C=O) groups is 2. The molecule has 1 amide bonds. The number of benzene rings is 2. The second-order valence-electron chi connectivity index (χ2n) is 6.43. The topological polar surface area (TPSA) is 76.8 Å². The highest BCUT2D eigenvalue weighted by molar-refractivity contribution is 5.99. The average Bonchev–Trinajstić information content (AvgIpc) is 3.09. The molecule has 3 aromatic rings. The number of ether oxygens (including phenoxy) is 1. The molecule has 0 saturated carbocycles. The summed E-state index contributed by atoms with van der Waals surface area (Å²) in [5.74, 6) is 0.293. The molecular weight excluding hydrogens is 346 g/mol. The standard InChI is InChI=1S/C21H17NO5/c1-13(23)22-9-8-15-10-16(3-6-18(15)22)19(24)12-26-17-5-2-14-4-7-21(25)27-20(14)11-17/h2-7,10-11H,8-9,12H2,1H3. The summed E-state index contributed by atoms with van der Waals surface area (Å²) in [6, 6.07) is 13.5. The number of hydrogen-bond donors (Lipinski definition) is 0. The summed E-state index contributed by atoms with van der Waals surface area (Å²) < 4.78 is 10.7. The molecule has 2 aromatic carbocycles. The van der Waals surface area contributed by atoms with Crippen molar-refractivity contribution in [2.24, 2.45) is 0 Å². The van der Waals surface area contributed by atoms with Crippen molar-refractivity contribution in [3.05, 3.63) is 70.1 Å². The third kappa shape index (κ3) is 3.33. The Balaban J connectivity index is 1.48. The van der Waals surface area contributed by atoms with Gasteiger partial charge in [-0.05, 0) is 48.4 Å². The van der Waals surface area contributed by atoms with Crippen molar-refractivity contribution in [2.75, 3.05) is 18.1 Å². The van der Waals surface area contributed by atoms with E-state index in [2.05, 4.69) is 0 Å². The van der Waals surface area contributed by atoms with Crippen LogP contribution in [-0.2, 0) is 11.2 Å². The van der Waals surface area contributed by atoms with E-state index >= 15 is 0 Å². The van der Waals surface area contributed by atoms with Crippen molar-refractivity contribution in [3.8, 4) is 5.75 Å². The van der Waals surface area contributed by atoms with E-state index in [1.54, 1.807) is 35.2 Å². The van der Waals surface area contributed by atoms with Crippen LogP contribution in [0.3, 0.4) is 0 Å². The maximum Gasteiger partial charge on any atom is 0.336 e. The third-order valence-electron chi connectivity index (χ3n) is 4.64. The van der Waals surface area contributed by atoms with Crippen LogP contribution in [-0.4, -0.2) is 24.8 Å². The fraction of sp³-hybridized carbons (Fsp3) is 0.190. The quantitative estimate of drug-likeness (QED) is 0.526. The number of Topliss-reactive ketones (excluding diaryl/α,β-unsaturated/α-hetero) is 1. The summed E-state index contributed by atoms with van der Waals surface area (Å²) in [5.41, 5.74) is 2.38. The first kappa shape index (κ1) is 17.0. The minimum Gasteiger partial charge on any atom is -0.485 e. The number of nitrogens with zero attached hydrogens (tertiary/aromatic N) is 1. The summed E-state index contributed by atoms with van der Waals surface area (Å²) in [6.07, 6.45) is 0.737. The molecule has 6 heteroatoms. The van der Waals surface area contributed by atoms with Gasteiger partial charge in [-0.1, -0.05) is 0 Å². The summed E-state index contributed by atoms with van der Waals surface area (Å²) in [4.78, 5) is 37.1.